The van der Waals surface area contributed by atoms with Gasteiger partial charge in [-0.2, -0.15) is 0 Å². The molecule has 1 aliphatic carbocycles. The van der Waals surface area contributed by atoms with Crippen molar-refractivity contribution in [1.82, 2.24) is 10.3 Å². The molecule has 1 atom stereocenters. The highest BCUT2D eigenvalue weighted by molar-refractivity contribution is 6.07. The first-order valence-electron chi connectivity index (χ1n) is 10.4. The lowest BCUT2D eigenvalue weighted by Crippen LogP contribution is -2.42. The van der Waals surface area contributed by atoms with Crippen LogP contribution in [-0.2, 0) is 16.0 Å². The zero-order chi connectivity index (χ0) is 22.7. The van der Waals surface area contributed by atoms with E-state index in [0.29, 0.717) is 22.9 Å². The number of urea groups is 1. The zero-order valence-corrected chi connectivity index (χ0v) is 17.6. The van der Waals surface area contributed by atoms with Gasteiger partial charge >= 0.3 is 12.0 Å². The Kier molecular flexibility index (Phi) is 5.98. The van der Waals surface area contributed by atoms with Crippen LogP contribution in [0.4, 0.5) is 4.79 Å². The molecule has 0 fully saturated rings. The third-order valence-electron chi connectivity index (χ3n) is 5.41. The van der Waals surface area contributed by atoms with Gasteiger partial charge in [0.05, 0.1) is 16.8 Å². The van der Waals surface area contributed by atoms with Gasteiger partial charge in [0, 0.05) is 5.39 Å². The van der Waals surface area contributed by atoms with Crippen LogP contribution < -0.4 is 11.1 Å². The maximum atomic E-state index is 13.2. The van der Waals surface area contributed by atoms with Gasteiger partial charge in [0.15, 0.2) is 6.10 Å². The van der Waals surface area contributed by atoms with Crippen molar-refractivity contribution in [1.29, 1.82) is 0 Å². The predicted octanol–water partition coefficient (Wildman–Crippen LogP) is 3.85. The van der Waals surface area contributed by atoms with E-state index in [1.54, 1.807) is 0 Å². The third kappa shape index (κ3) is 4.37. The third-order valence-corrected chi connectivity index (χ3v) is 5.41. The molecule has 32 heavy (non-hydrogen) atoms. The SMILES string of the molecule is CC(OC(=O)c1c2c(nc3ccccc13)/C(=C/c1ccccc1)CCC2)C(=O)NC(N)=O. The number of imide groups is 1. The van der Waals surface area contributed by atoms with Gasteiger partial charge in [0.25, 0.3) is 5.91 Å². The van der Waals surface area contributed by atoms with Crippen LogP contribution in [-0.4, -0.2) is 29.0 Å². The van der Waals surface area contributed by atoms with E-state index in [-0.39, 0.29) is 0 Å². The van der Waals surface area contributed by atoms with Crippen molar-refractivity contribution in [3.8, 4) is 0 Å². The molecule has 0 saturated carbocycles. The molecule has 3 N–H and O–H groups in total. The molecule has 0 spiro atoms. The number of esters is 1. The molecule has 7 nitrogen and oxygen atoms in total. The van der Waals surface area contributed by atoms with Gasteiger partial charge in [0.1, 0.15) is 0 Å². The van der Waals surface area contributed by atoms with Crippen LogP contribution in [0.25, 0.3) is 22.6 Å². The Bertz CT molecular complexity index is 1230. The van der Waals surface area contributed by atoms with E-state index < -0.39 is 24.0 Å². The van der Waals surface area contributed by atoms with Gasteiger partial charge < -0.3 is 10.5 Å². The van der Waals surface area contributed by atoms with E-state index in [1.165, 1.54) is 6.92 Å². The molecule has 3 amide bonds. The second-order valence-corrected chi connectivity index (χ2v) is 7.67. The van der Waals surface area contributed by atoms with Crippen molar-refractivity contribution >= 4 is 40.5 Å². The molecule has 0 radical (unpaired) electrons. The lowest BCUT2D eigenvalue weighted by atomic mass is 9.86. The molecule has 7 heteroatoms. The van der Waals surface area contributed by atoms with Crippen LogP contribution in [0, 0.1) is 0 Å². The summed E-state index contributed by atoms with van der Waals surface area (Å²) in [7, 11) is 0. The van der Waals surface area contributed by atoms with Gasteiger partial charge in [0.2, 0.25) is 0 Å². The average molecular weight is 429 g/mol. The number of para-hydroxylation sites is 1. The lowest BCUT2D eigenvalue weighted by molar-refractivity contribution is -0.127. The first kappa shape index (κ1) is 21.2. The number of hydrogen-bond acceptors (Lipinski definition) is 5. The second kappa shape index (κ2) is 9.01. The van der Waals surface area contributed by atoms with Gasteiger partial charge in [-0.3, -0.25) is 10.1 Å². The molecular formula is C25H23N3O4. The summed E-state index contributed by atoms with van der Waals surface area (Å²) in [5, 5.41) is 2.60. The number of nitrogens with zero attached hydrogens (tertiary/aromatic N) is 1. The van der Waals surface area contributed by atoms with Crippen LogP contribution in [0.5, 0.6) is 0 Å². The molecule has 2 aromatic carbocycles. The van der Waals surface area contributed by atoms with Crippen LogP contribution in [0.1, 0.15) is 46.9 Å². The van der Waals surface area contributed by atoms with Gasteiger partial charge in [-0.15, -0.1) is 0 Å². The molecule has 0 saturated heterocycles. The maximum absolute atomic E-state index is 13.2. The van der Waals surface area contributed by atoms with Gasteiger partial charge in [-0.05, 0) is 55.0 Å². The van der Waals surface area contributed by atoms with Crippen molar-refractivity contribution < 1.29 is 19.1 Å². The summed E-state index contributed by atoms with van der Waals surface area (Å²) in [5.41, 5.74) is 9.77. The Morgan fingerprint density at radius 1 is 1.06 bits per heavy atom. The Balaban J connectivity index is 1.79. The monoisotopic (exact) mass is 429 g/mol. The molecule has 4 rings (SSSR count). The summed E-state index contributed by atoms with van der Waals surface area (Å²) in [4.78, 5) is 41.1. The topological polar surface area (TPSA) is 111 Å². The number of amides is 3. The minimum Gasteiger partial charge on any atom is -0.449 e. The minimum atomic E-state index is -1.18. The largest absolute Gasteiger partial charge is 0.449 e. The fraction of sp³-hybridized carbons (Fsp3) is 0.200. The number of primary amides is 1. The van der Waals surface area contributed by atoms with Crippen molar-refractivity contribution in [2.75, 3.05) is 0 Å². The van der Waals surface area contributed by atoms with E-state index in [1.807, 2.05) is 59.9 Å². The number of benzene rings is 2. The van der Waals surface area contributed by atoms with E-state index in [0.717, 1.165) is 35.2 Å². The molecule has 1 unspecified atom stereocenters. The molecular weight excluding hydrogens is 406 g/mol. The highest BCUT2D eigenvalue weighted by Gasteiger charge is 2.28. The van der Waals surface area contributed by atoms with E-state index in [9.17, 15) is 14.4 Å². The normalized spacial score (nSPS) is 15.1. The van der Waals surface area contributed by atoms with Gasteiger partial charge in [-0.25, -0.2) is 14.6 Å². The lowest BCUT2D eigenvalue weighted by Gasteiger charge is -2.23. The van der Waals surface area contributed by atoms with Crippen LogP contribution in [0.2, 0.25) is 0 Å². The summed E-state index contributed by atoms with van der Waals surface area (Å²) < 4.78 is 5.42. The minimum absolute atomic E-state index is 0.406. The first-order chi connectivity index (χ1) is 15.4. The number of hydrogen-bond donors (Lipinski definition) is 2. The van der Waals surface area contributed by atoms with E-state index >= 15 is 0 Å². The van der Waals surface area contributed by atoms with E-state index in [2.05, 4.69) is 6.08 Å². The number of nitrogens with two attached hydrogens (primary N) is 1. The first-order valence-corrected chi connectivity index (χ1v) is 10.4. The summed E-state index contributed by atoms with van der Waals surface area (Å²) in [6, 6.07) is 16.3. The number of fused-ring (bicyclic) bond motifs is 2. The summed E-state index contributed by atoms with van der Waals surface area (Å²) in [6.07, 6.45) is 3.30. The highest BCUT2D eigenvalue weighted by Crippen LogP contribution is 2.36. The smallest absolute Gasteiger partial charge is 0.339 e. The molecule has 1 aromatic heterocycles. The zero-order valence-electron chi connectivity index (χ0n) is 17.6. The number of allylic oxidation sites excluding steroid dienone is 1. The Hall–Kier alpha value is -4.00. The number of pyridine rings is 1. The summed E-state index contributed by atoms with van der Waals surface area (Å²) in [6.45, 7) is 1.40. The molecule has 1 aliphatic rings. The van der Waals surface area contributed by atoms with Crippen LogP contribution >= 0.6 is 0 Å². The number of nitrogens with one attached hydrogen (secondary N) is 1. The van der Waals surface area contributed by atoms with Crippen LogP contribution in [0.15, 0.2) is 54.6 Å². The Labute approximate surface area is 185 Å². The number of rotatable bonds is 4. The second-order valence-electron chi connectivity index (χ2n) is 7.67. The fourth-order valence-corrected chi connectivity index (χ4v) is 3.95. The fourth-order valence-electron chi connectivity index (χ4n) is 3.95. The molecule has 1 heterocycles. The quantitative estimate of drug-likeness (QED) is 0.612. The average Bonchev–Trinajstić information content (AvgIpc) is 2.78. The standard InChI is InChI=1S/C25H23N3O4/c1-15(23(29)28-25(26)31)32-24(30)21-18-11-5-6-13-20(18)27-22-17(10-7-12-19(21)22)14-16-8-3-2-4-9-16/h2-6,8-9,11,13-15H,7,10,12H2,1H3,(H3,26,28,29,31)/b17-14+. The van der Waals surface area contributed by atoms with Crippen molar-refractivity contribution in [3.05, 3.63) is 77.0 Å². The van der Waals surface area contributed by atoms with E-state index in [4.69, 9.17) is 15.5 Å². The maximum Gasteiger partial charge on any atom is 0.339 e. The Morgan fingerprint density at radius 2 is 1.78 bits per heavy atom. The highest BCUT2D eigenvalue weighted by atomic mass is 16.5. The number of carbonyl (C=O) groups is 3. The van der Waals surface area contributed by atoms with Crippen molar-refractivity contribution in [2.24, 2.45) is 5.73 Å². The number of carbonyl (C=O) groups excluding carboxylic acids is 3. The molecule has 3 aromatic rings. The summed E-state index contributed by atoms with van der Waals surface area (Å²) in [5.74, 6) is -1.41. The van der Waals surface area contributed by atoms with Gasteiger partial charge in [-0.1, -0.05) is 48.5 Å². The van der Waals surface area contributed by atoms with Crippen LogP contribution in [0.3, 0.4) is 0 Å². The molecule has 162 valence electrons. The summed E-state index contributed by atoms with van der Waals surface area (Å²) >= 11 is 0. The van der Waals surface area contributed by atoms with Crippen molar-refractivity contribution in [3.63, 3.8) is 0 Å². The Morgan fingerprint density at radius 3 is 2.53 bits per heavy atom. The predicted molar refractivity (Wildman–Crippen MR) is 122 cm³/mol. The molecule has 0 aliphatic heterocycles. The number of aromatic nitrogens is 1. The number of ether oxygens (including phenoxy) is 1. The van der Waals surface area contributed by atoms with Crippen molar-refractivity contribution in [2.45, 2.75) is 32.3 Å². The molecule has 0 bridgehead atoms.